The summed E-state index contributed by atoms with van der Waals surface area (Å²) in [7, 11) is -5.93. The molecule has 1 aromatic heterocycles. The van der Waals surface area contributed by atoms with Gasteiger partial charge in [-0.15, -0.1) is 0 Å². The van der Waals surface area contributed by atoms with Crippen molar-refractivity contribution in [3.63, 3.8) is 0 Å². The van der Waals surface area contributed by atoms with Crippen LogP contribution in [0.1, 0.15) is 82.3 Å². The third kappa shape index (κ3) is 5.86. The Kier molecular flexibility index (Phi) is 9.58. The van der Waals surface area contributed by atoms with Gasteiger partial charge in [-0.2, -0.15) is 0 Å². The van der Waals surface area contributed by atoms with Gasteiger partial charge in [0.25, 0.3) is 17.4 Å². The third-order valence-corrected chi connectivity index (χ3v) is 19.5. The van der Waals surface area contributed by atoms with Crippen molar-refractivity contribution in [3.05, 3.63) is 68.5 Å². The molecular weight excluding hydrogens is 615 g/mol. The summed E-state index contributed by atoms with van der Waals surface area (Å²) in [6.45, 7) is 17.1. The number of nitrogens with zero attached hydrogens (tertiary/aromatic N) is 2. The average molecular weight is 660 g/mol. The maximum Gasteiger partial charge on any atom is 0.335 e. The van der Waals surface area contributed by atoms with Crippen molar-refractivity contribution in [3.8, 4) is 0 Å². The van der Waals surface area contributed by atoms with Crippen molar-refractivity contribution in [2.75, 3.05) is 19.8 Å². The fourth-order valence-corrected chi connectivity index (χ4v) is 18.1. The first-order valence-electron chi connectivity index (χ1n) is 15.8. The van der Waals surface area contributed by atoms with E-state index in [1.807, 2.05) is 0 Å². The van der Waals surface area contributed by atoms with Gasteiger partial charge in [0.05, 0.1) is 30.9 Å². The highest BCUT2D eigenvalue weighted by molar-refractivity contribution is 6.84. The third-order valence-electron chi connectivity index (χ3n) is 9.25. The molecule has 0 radical (unpaired) electrons. The molecule has 12 nitrogen and oxygen atoms in total. The second-order valence-electron chi connectivity index (χ2n) is 13.3. The zero-order valence-electron chi connectivity index (χ0n) is 27.3. The SMILES string of the molecule is CC(C)[Si]1(C(C)C)OC[C@H]2O[C@@H](n3ccc(=O)[nH]c3=O)[C@H](OCCN3C(=O)c4ccccc4C3=O)[C@@H]2O[Si](C(C)C)(C(C)C)O1. The number of hydrogen-bond acceptors (Lipinski definition) is 9. The molecule has 2 fully saturated rings. The molecule has 5 rings (SSSR count). The number of amides is 2. The van der Waals surface area contributed by atoms with Crippen LogP contribution in [0.15, 0.2) is 46.1 Å². The van der Waals surface area contributed by atoms with E-state index in [1.165, 1.54) is 16.8 Å². The van der Waals surface area contributed by atoms with Gasteiger partial charge in [-0.1, -0.05) is 67.5 Å². The Balaban J connectivity index is 1.51. The Bertz CT molecular complexity index is 1490. The summed E-state index contributed by atoms with van der Waals surface area (Å²) < 4.78 is 35.6. The molecule has 1 N–H and O–H groups in total. The van der Waals surface area contributed by atoms with Crippen molar-refractivity contribution in [1.29, 1.82) is 0 Å². The van der Waals surface area contributed by atoms with Gasteiger partial charge in [-0.3, -0.25) is 28.8 Å². The van der Waals surface area contributed by atoms with Gasteiger partial charge in [0, 0.05) is 12.3 Å². The van der Waals surface area contributed by atoms with Crippen molar-refractivity contribution in [2.24, 2.45) is 0 Å². The number of rotatable bonds is 9. The summed E-state index contributed by atoms with van der Waals surface area (Å²) in [4.78, 5) is 54.4. The van der Waals surface area contributed by atoms with Gasteiger partial charge in [0.15, 0.2) is 6.23 Å². The molecule has 246 valence electrons. The molecule has 0 bridgehead atoms. The molecule has 0 spiro atoms. The number of aromatic nitrogens is 2. The van der Waals surface area contributed by atoms with Gasteiger partial charge >= 0.3 is 22.8 Å². The lowest BCUT2D eigenvalue weighted by Gasteiger charge is -2.51. The Morgan fingerprint density at radius 2 is 1.44 bits per heavy atom. The van der Waals surface area contributed by atoms with Crippen molar-refractivity contribution >= 4 is 28.9 Å². The first-order chi connectivity index (χ1) is 21.2. The number of benzene rings is 1. The fourth-order valence-electron chi connectivity index (χ4n) is 6.87. The monoisotopic (exact) mass is 659 g/mol. The molecule has 4 heterocycles. The van der Waals surface area contributed by atoms with Gasteiger partial charge in [0.1, 0.15) is 18.3 Å². The maximum absolute atomic E-state index is 13.0. The number of ether oxygens (including phenoxy) is 2. The number of H-pyrrole nitrogens is 1. The van der Waals surface area contributed by atoms with Crippen LogP contribution in [0, 0.1) is 0 Å². The molecule has 2 saturated heterocycles. The predicted octanol–water partition coefficient (Wildman–Crippen LogP) is 4.07. The van der Waals surface area contributed by atoms with E-state index in [-0.39, 0.29) is 53.7 Å². The molecule has 2 amide bonds. The minimum absolute atomic E-state index is 0.00582. The second-order valence-corrected chi connectivity index (χ2v) is 22.1. The van der Waals surface area contributed by atoms with Crippen molar-refractivity contribution in [2.45, 2.75) is 102 Å². The molecule has 0 unspecified atom stereocenters. The fraction of sp³-hybridized carbons (Fsp3) is 0.613. The highest BCUT2D eigenvalue weighted by Gasteiger charge is 2.62. The summed E-state index contributed by atoms with van der Waals surface area (Å²) in [6.07, 6.45) is -1.76. The molecule has 0 saturated carbocycles. The average Bonchev–Trinajstić information content (AvgIpc) is 3.41. The van der Waals surface area contributed by atoms with Crippen LogP contribution in [0.3, 0.4) is 0 Å². The van der Waals surface area contributed by atoms with E-state index in [0.29, 0.717) is 11.1 Å². The molecule has 3 aliphatic heterocycles. The van der Waals surface area contributed by atoms with Crippen LogP contribution in [0.25, 0.3) is 0 Å². The quantitative estimate of drug-likeness (QED) is 0.312. The topological polar surface area (TPSA) is 138 Å². The number of hydrogen-bond donors (Lipinski definition) is 1. The lowest BCUT2D eigenvalue weighted by molar-refractivity contribution is -0.0742. The molecular formula is C31H45N3O9Si2. The second kappa shape index (κ2) is 12.8. The number of aromatic amines is 1. The van der Waals surface area contributed by atoms with Crippen LogP contribution >= 0.6 is 0 Å². The molecule has 2 aromatic rings. The van der Waals surface area contributed by atoms with E-state index >= 15 is 0 Å². The van der Waals surface area contributed by atoms with Crippen LogP contribution in [-0.4, -0.2) is 81.5 Å². The lowest BCUT2D eigenvalue weighted by Crippen LogP contribution is -2.66. The van der Waals surface area contributed by atoms with Gasteiger partial charge < -0.3 is 22.4 Å². The Morgan fingerprint density at radius 3 is 1.98 bits per heavy atom. The van der Waals surface area contributed by atoms with E-state index in [2.05, 4.69) is 60.4 Å². The highest BCUT2D eigenvalue weighted by Crippen LogP contribution is 2.48. The van der Waals surface area contributed by atoms with Crippen molar-refractivity contribution in [1.82, 2.24) is 14.5 Å². The summed E-state index contributed by atoms with van der Waals surface area (Å²) in [6, 6.07) is 7.95. The van der Waals surface area contributed by atoms with Crippen LogP contribution in [-0.2, 0) is 22.4 Å². The first kappa shape index (κ1) is 33.6. The molecule has 4 atom stereocenters. The normalized spacial score (nSPS) is 26.1. The molecule has 14 heteroatoms. The van der Waals surface area contributed by atoms with E-state index in [4.69, 9.17) is 22.4 Å². The molecule has 45 heavy (non-hydrogen) atoms. The van der Waals surface area contributed by atoms with Crippen LogP contribution in [0.5, 0.6) is 0 Å². The summed E-state index contributed by atoms with van der Waals surface area (Å²) in [5.74, 6) is -0.765. The predicted molar refractivity (Wildman–Crippen MR) is 171 cm³/mol. The minimum Gasteiger partial charge on any atom is -0.414 e. The van der Waals surface area contributed by atoms with E-state index in [1.54, 1.807) is 24.3 Å². The Labute approximate surface area is 265 Å². The molecule has 1 aromatic carbocycles. The first-order valence-corrected chi connectivity index (χ1v) is 19.7. The number of nitrogens with one attached hydrogen (secondary N) is 1. The number of imide groups is 1. The molecule has 0 aliphatic carbocycles. The summed E-state index contributed by atoms with van der Waals surface area (Å²) in [5.41, 5.74) is -0.134. The standard InChI is InChI=1S/C31H45N3O9Si2/c1-18(2)44(19(3)4)40-17-24-26(42-45(43-44,20(5)6)21(7)8)27(30(41-24)34-14-13-25(35)32-31(34)38)39-16-15-33-28(36)22-11-9-10-12-23(22)29(33)37/h9-14,18-21,24,26-27,30H,15-17H2,1-8H3,(H,32,35,38)/t24-,26-,27-,30-/m1/s1. The largest absolute Gasteiger partial charge is 0.414 e. The Morgan fingerprint density at radius 1 is 0.867 bits per heavy atom. The maximum atomic E-state index is 13.0. The highest BCUT2D eigenvalue weighted by atomic mass is 28.5. The number of fused-ring (bicyclic) bond motifs is 2. The Hall–Kier alpha value is -2.73. The summed E-state index contributed by atoms with van der Waals surface area (Å²) >= 11 is 0. The van der Waals surface area contributed by atoms with Gasteiger partial charge in [-0.25, -0.2) is 4.79 Å². The van der Waals surface area contributed by atoms with Crippen molar-refractivity contribution < 1.29 is 32.0 Å². The van der Waals surface area contributed by atoms with E-state index in [9.17, 15) is 19.2 Å². The zero-order valence-corrected chi connectivity index (χ0v) is 29.3. The van der Waals surface area contributed by atoms with E-state index < -0.39 is 52.9 Å². The van der Waals surface area contributed by atoms with Crippen LogP contribution in [0.2, 0.25) is 22.2 Å². The molecule has 3 aliphatic rings. The lowest BCUT2D eigenvalue weighted by atomic mass is 10.1. The van der Waals surface area contributed by atoms with Gasteiger partial charge in [-0.05, 0) is 34.3 Å². The minimum atomic E-state index is -3.08. The zero-order chi connectivity index (χ0) is 32.8. The number of carbonyl (C=O) groups is 2. The van der Waals surface area contributed by atoms with E-state index in [0.717, 1.165) is 4.90 Å². The number of carbonyl (C=O) groups excluding carboxylic acids is 2. The van der Waals surface area contributed by atoms with Crippen LogP contribution < -0.4 is 11.2 Å². The van der Waals surface area contributed by atoms with Gasteiger partial charge in [0.2, 0.25) is 0 Å². The van der Waals surface area contributed by atoms with Crippen LogP contribution in [0.4, 0.5) is 0 Å². The summed E-state index contributed by atoms with van der Waals surface area (Å²) in [5, 5.41) is 0. The smallest absolute Gasteiger partial charge is 0.335 e.